The molecule has 0 heterocycles. The summed E-state index contributed by atoms with van der Waals surface area (Å²) in [4.78, 5) is 11.8. The predicted octanol–water partition coefficient (Wildman–Crippen LogP) is 3.88. The molecule has 1 fully saturated rings. The SMILES string of the molecule is Cc1ccc(C)c(NC(=O)NC=C2CCCC2)c1. The highest BCUT2D eigenvalue weighted by Crippen LogP contribution is 2.22. The number of aryl methyl sites for hydroxylation is 2. The summed E-state index contributed by atoms with van der Waals surface area (Å²) in [6.45, 7) is 4.01. The number of rotatable bonds is 2. The molecule has 1 aromatic carbocycles. The fraction of sp³-hybridized carbons (Fsp3) is 0.400. The molecule has 96 valence electrons. The molecule has 0 bridgehead atoms. The van der Waals surface area contributed by atoms with Gasteiger partial charge in [0.1, 0.15) is 0 Å². The summed E-state index contributed by atoms with van der Waals surface area (Å²) in [6, 6.07) is 5.87. The number of amides is 2. The zero-order chi connectivity index (χ0) is 13.0. The fourth-order valence-electron chi connectivity index (χ4n) is 2.17. The Labute approximate surface area is 108 Å². The summed E-state index contributed by atoms with van der Waals surface area (Å²) in [5.41, 5.74) is 4.43. The lowest BCUT2D eigenvalue weighted by Crippen LogP contribution is -2.24. The van der Waals surface area contributed by atoms with Crippen LogP contribution in [-0.2, 0) is 0 Å². The molecule has 3 nitrogen and oxygen atoms in total. The van der Waals surface area contributed by atoms with Crippen LogP contribution in [0.2, 0.25) is 0 Å². The number of carbonyl (C=O) groups is 1. The monoisotopic (exact) mass is 244 g/mol. The Morgan fingerprint density at radius 3 is 2.67 bits per heavy atom. The molecule has 0 atom stereocenters. The van der Waals surface area contributed by atoms with Crippen LogP contribution in [0, 0.1) is 13.8 Å². The van der Waals surface area contributed by atoms with Crippen LogP contribution in [0.1, 0.15) is 36.8 Å². The fourth-order valence-corrected chi connectivity index (χ4v) is 2.17. The molecule has 0 radical (unpaired) electrons. The van der Waals surface area contributed by atoms with Gasteiger partial charge in [-0.2, -0.15) is 0 Å². The first kappa shape index (κ1) is 12.7. The molecule has 0 aliphatic heterocycles. The van der Waals surface area contributed by atoms with E-state index in [1.807, 2.05) is 38.2 Å². The Morgan fingerprint density at radius 1 is 1.22 bits per heavy atom. The molecule has 1 saturated carbocycles. The van der Waals surface area contributed by atoms with Crippen LogP contribution in [-0.4, -0.2) is 6.03 Å². The second-order valence-electron chi connectivity index (χ2n) is 4.93. The van der Waals surface area contributed by atoms with Crippen LogP contribution in [0.25, 0.3) is 0 Å². The number of nitrogens with one attached hydrogen (secondary N) is 2. The lowest BCUT2D eigenvalue weighted by atomic mass is 10.1. The summed E-state index contributed by atoms with van der Waals surface area (Å²) in [5.74, 6) is 0. The van der Waals surface area contributed by atoms with Gasteiger partial charge in [0, 0.05) is 11.9 Å². The van der Waals surface area contributed by atoms with Crippen LogP contribution in [0.15, 0.2) is 30.0 Å². The minimum Gasteiger partial charge on any atom is -0.314 e. The summed E-state index contributed by atoms with van der Waals surface area (Å²) in [7, 11) is 0. The Balaban J connectivity index is 1.94. The molecule has 1 aromatic rings. The van der Waals surface area contributed by atoms with Crippen molar-refractivity contribution in [3.63, 3.8) is 0 Å². The van der Waals surface area contributed by atoms with Crippen LogP contribution in [0.5, 0.6) is 0 Å². The molecule has 2 rings (SSSR count). The van der Waals surface area contributed by atoms with E-state index in [2.05, 4.69) is 10.6 Å². The normalized spacial score (nSPS) is 14.4. The molecular formula is C15H20N2O. The summed E-state index contributed by atoms with van der Waals surface area (Å²) in [6.07, 6.45) is 6.57. The van der Waals surface area contributed by atoms with Gasteiger partial charge in [0.05, 0.1) is 0 Å². The predicted molar refractivity (Wildman–Crippen MR) is 74.6 cm³/mol. The van der Waals surface area contributed by atoms with Crippen LogP contribution in [0.4, 0.5) is 10.5 Å². The van der Waals surface area contributed by atoms with E-state index in [1.54, 1.807) is 0 Å². The number of allylic oxidation sites excluding steroid dienone is 1. The number of hydrogen-bond donors (Lipinski definition) is 2. The van der Waals surface area contributed by atoms with Gasteiger partial charge < -0.3 is 10.6 Å². The van der Waals surface area contributed by atoms with Gasteiger partial charge in [-0.25, -0.2) is 4.79 Å². The first-order valence-electron chi connectivity index (χ1n) is 6.48. The molecule has 2 amide bonds. The van der Waals surface area contributed by atoms with Crippen molar-refractivity contribution in [2.45, 2.75) is 39.5 Å². The van der Waals surface area contributed by atoms with Crippen LogP contribution in [0.3, 0.4) is 0 Å². The minimum atomic E-state index is -0.164. The van der Waals surface area contributed by atoms with E-state index in [0.29, 0.717) is 0 Å². The van der Waals surface area contributed by atoms with E-state index in [0.717, 1.165) is 29.7 Å². The molecule has 1 aliphatic carbocycles. The molecule has 0 saturated heterocycles. The van der Waals surface area contributed by atoms with E-state index >= 15 is 0 Å². The molecule has 18 heavy (non-hydrogen) atoms. The first-order valence-corrected chi connectivity index (χ1v) is 6.48. The average molecular weight is 244 g/mol. The quantitative estimate of drug-likeness (QED) is 0.814. The second kappa shape index (κ2) is 5.71. The second-order valence-corrected chi connectivity index (χ2v) is 4.93. The number of anilines is 1. The Kier molecular flexibility index (Phi) is 4.03. The van der Waals surface area contributed by atoms with Gasteiger partial charge in [-0.3, -0.25) is 0 Å². The molecular weight excluding hydrogens is 224 g/mol. The van der Waals surface area contributed by atoms with Crippen molar-refractivity contribution in [2.75, 3.05) is 5.32 Å². The third-order valence-corrected chi connectivity index (χ3v) is 3.29. The summed E-state index contributed by atoms with van der Waals surface area (Å²) >= 11 is 0. The highest BCUT2D eigenvalue weighted by atomic mass is 16.2. The molecule has 3 heteroatoms. The lowest BCUT2D eigenvalue weighted by molar-refractivity contribution is 0.255. The third-order valence-electron chi connectivity index (χ3n) is 3.29. The first-order chi connectivity index (χ1) is 8.65. The maximum absolute atomic E-state index is 11.8. The number of benzene rings is 1. The van der Waals surface area contributed by atoms with Crippen molar-refractivity contribution >= 4 is 11.7 Å². The Morgan fingerprint density at radius 2 is 1.94 bits per heavy atom. The van der Waals surface area contributed by atoms with Gasteiger partial charge in [-0.15, -0.1) is 0 Å². The van der Waals surface area contributed by atoms with Crippen molar-refractivity contribution in [1.29, 1.82) is 0 Å². The molecule has 0 spiro atoms. The van der Waals surface area contributed by atoms with Crippen LogP contribution < -0.4 is 10.6 Å². The van der Waals surface area contributed by atoms with Gasteiger partial charge in [-0.1, -0.05) is 17.7 Å². The topological polar surface area (TPSA) is 41.1 Å². The highest BCUT2D eigenvalue weighted by Gasteiger charge is 2.07. The van der Waals surface area contributed by atoms with Gasteiger partial charge in [0.2, 0.25) is 0 Å². The highest BCUT2D eigenvalue weighted by molar-refractivity contribution is 5.90. The van der Waals surface area contributed by atoms with Crippen molar-refractivity contribution in [2.24, 2.45) is 0 Å². The maximum Gasteiger partial charge on any atom is 0.323 e. The molecule has 2 N–H and O–H groups in total. The smallest absolute Gasteiger partial charge is 0.314 e. The standard InChI is InChI=1S/C15H20N2O/c1-11-7-8-12(2)14(9-11)17-15(18)16-10-13-5-3-4-6-13/h7-10H,3-6H2,1-2H3,(H2,16,17,18). The minimum absolute atomic E-state index is 0.164. The van der Waals surface area contributed by atoms with Gasteiger partial charge >= 0.3 is 6.03 Å². The number of hydrogen-bond acceptors (Lipinski definition) is 1. The average Bonchev–Trinajstić information content (AvgIpc) is 2.84. The van der Waals surface area contributed by atoms with Gasteiger partial charge in [0.15, 0.2) is 0 Å². The summed E-state index contributed by atoms with van der Waals surface area (Å²) in [5, 5.41) is 5.69. The van der Waals surface area contributed by atoms with Crippen LogP contribution >= 0.6 is 0 Å². The molecule has 0 unspecified atom stereocenters. The molecule has 0 aromatic heterocycles. The lowest BCUT2D eigenvalue weighted by Gasteiger charge is -2.09. The largest absolute Gasteiger partial charge is 0.323 e. The van der Waals surface area contributed by atoms with E-state index in [9.17, 15) is 4.79 Å². The van der Waals surface area contributed by atoms with E-state index < -0.39 is 0 Å². The van der Waals surface area contributed by atoms with E-state index in [1.165, 1.54) is 18.4 Å². The van der Waals surface area contributed by atoms with E-state index in [-0.39, 0.29) is 6.03 Å². The zero-order valence-electron chi connectivity index (χ0n) is 11.0. The van der Waals surface area contributed by atoms with Crippen molar-refractivity contribution in [1.82, 2.24) is 5.32 Å². The van der Waals surface area contributed by atoms with Crippen molar-refractivity contribution in [3.8, 4) is 0 Å². The number of carbonyl (C=O) groups excluding carboxylic acids is 1. The van der Waals surface area contributed by atoms with Crippen molar-refractivity contribution in [3.05, 3.63) is 41.1 Å². The van der Waals surface area contributed by atoms with Crippen molar-refractivity contribution < 1.29 is 4.79 Å². The third kappa shape index (κ3) is 3.36. The Bertz CT molecular complexity index is 469. The summed E-state index contributed by atoms with van der Waals surface area (Å²) < 4.78 is 0. The Hall–Kier alpha value is -1.77. The zero-order valence-corrected chi connectivity index (χ0v) is 11.0. The number of urea groups is 1. The van der Waals surface area contributed by atoms with Gasteiger partial charge in [-0.05, 0) is 56.7 Å². The maximum atomic E-state index is 11.8. The molecule has 1 aliphatic rings. The van der Waals surface area contributed by atoms with Gasteiger partial charge in [0.25, 0.3) is 0 Å². The van der Waals surface area contributed by atoms with E-state index in [4.69, 9.17) is 0 Å².